The molecule has 2 nitrogen and oxygen atoms in total. The van der Waals surface area contributed by atoms with Gasteiger partial charge in [0.25, 0.3) is 0 Å². The van der Waals surface area contributed by atoms with Crippen LogP contribution in [0.15, 0.2) is 18.2 Å². The number of thioether (sulfide) groups is 1. The quantitative estimate of drug-likeness (QED) is 0.827. The van der Waals surface area contributed by atoms with E-state index in [1.165, 1.54) is 11.8 Å². The molecule has 7 heteroatoms. The molecule has 1 aromatic rings. The van der Waals surface area contributed by atoms with Crippen LogP contribution < -0.4 is 4.90 Å². The number of alkyl halides is 3. The van der Waals surface area contributed by atoms with Gasteiger partial charge in [-0.05, 0) is 42.4 Å². The second-order valence-electron chi connectivity index (χ2n) is 4.59. The molecule has 1 aromatic carbocycles. The summed E-state index contributed by atoms with van der Waals surface area (Å²) < 4.78 is 37.1. The van der Waals surface area contributed by atoms with Crippen LogP contribution in [0.1, 0.15) is 12.5 Å². The summed E-state index contributed by atoms with van der Waals surface area (Å²) in [5.41, 5.74) is -4.40. The highest BCUT2D eigenvalue weighted by Gasteiger charge is 2.48. The SMILES string of the molecule is CN1C(=O)C(C)(CSC(F)(F)F)c2cc(Cl)ccc21. The van der Waals surface area contributed by atoms with E-state index in [1.807, 2.05) is 0 Å². The maximum Gasteiger partial charge on any atom is 0.441 e. The van der Waals surface area contributed by atoms with Gasteiger partial charge in [0.15, 0.2) is 0 Å². The van der Waals surface area contributed by atoms with E-state index in [-0.39, 0.29) is 23.4 Å². The highest BCUT2D eigenvalue weighted by atomic mass is 35.5. The van der Waals surface area contributed by atoms with Gasteiger partial charge < -0.3 is 4.90 Å². The number of carbonyl (C=O) groups is 1. The number of hydrogen-bond acceptors (Lipinski definition) is 2. The highest BCUT2D eigenvalue weighted by molar-refractivity contribution is 8.00. The summed E-state index contributed by atoms with van der Waals surface area (Å²) in [4.78, 5) is 13.6. The highest BCUT2D eigenvalue weighted by Crippen LogP contribution is 2.46. The third-order valence-corrected chi connectivity index (χ3v) is 4.50. The first kappa shape index (κ1) is 14.5. The van der Waals surface area contributed by atoms with E-state index in [0.29, 0.717) is 16.3 Å². The molecule has 1 unspecified atom stereocenters. The number of halogens is 4. The van der Waals surface area contributed by atoms with E-state index in [4.69, 9.17) is 11.6 Å². The van der Waals surface area contributed by atoms with Crippen LogP contribution in [0, 0.1) is 0 Å². The molecular formula is C12H11ClF3NOS. The molecule has 0 aliphatic carbocycles. The topological polar surface area (TPSA) is 20.3 Å². The van der Waals surface area contributed by atoms with Crippen molar-refractivity contribution in [3.8, 4) is 0 Å². The van der Waals surface area contributed by atoms with Gasteiger partial charge >= 0.3 is 5.51 Å². The summed E-state index contributed by atoms with van der Waals surface area (Å²) >= 11 is 5.69. The zero-order chi connectivity index (χ0) is 14.4. The van der Waals surface area contributed by atoms with E-state index >= 15 is 0 Å². The van der Waals surface area contributed by atoms with Crippen LogP contribution >= 0.6 is 23.4 Å². The largest absolute Gasteiger partial charge is 0.441 e. The summed E-state index contributed by atoms with van der Waals surface area (Å²) in [6.07, 6.45) is 0. The summed E-state index contributed by atoms with van der Waals surface area (Å²) in [5, 5.41) is 0.407. The van der Waals surface area contributed by atoms with Crippen LogP contribution in [-0.2, 0) is 10.2 Å². The van der Waals surface area contributed by atoms with E-state index in [0.717, 1.165) is 0 Å². The molecule has 1 amide bonds. The molecule has 0 saturated heterocycles. The van der Waals surface area contributed by atoms with E-state index in [1.54, 1.807) is 25.2 Å². The molecule has 0 radical (unpaired) electrons. The number of anilines is 1. The summed E-state index contributed by atoms with van der Waals surface area (Å²) in [6, 6.07) is 4.83. The van der Waals surface area contributed by atoms with Gasteiger partial charge in [-0.25, -0.2) is 0 Å². The number of fused-ring (bicyclic) bond motifs is 1. The predicted octanol–water partition coefficient (Wildman–Crippen LogP) is 3.83. The summed E-state index contributed by atoms with van der Waals surface area (Å²) in [7, 11) is 1.55. The number of carbonyl (C=O) groups excluding carboxylic acids is 1. The Morgan fingerprint density at radius 3 is 2.63 bits per heavy atom. The maximum absolute atomic E-state index is 12.4. The van der Waals surface area contributed by atoms with Crippen molar-refractivity contribution in [2.45, 2.75) is 17.8 Å². The zero-order valence-corrected chi connectivity index (χ0v) is 11.8. The van der Waals surface area contributed by atoms with Crippen molar-refractivity contribution in [3.05, 3.63) is 28.8 Å². The zero-order valence-electron chi connectivity index (χ0n) is 10.2. The molecule has 1 heterocycles. The van der Waals surface area contributed by atoms with E-state index in [9.17, 15) is 18.0 Å². The van der Waals surface area contributed by atoms with Gasteiger partial charge in [-0.3, -0.25) is 4.79 Å². The average Bonchev–Trinajstić information content (AvgIpc) is 2.49. The minimum Gasteiger partial charge on any atom is -0.314 e. The van der Waals surface area contributed by atoms with Crippen LogP contribution in [0.25, 0.3) is 0 Å². The average molecular weight is 310 g/mol. The van der Waals surface area contributed by atoms with Crippen molar-refractivity contribution in [2.24, 2.45) is 0 Å². The van der Waals surface area contributed by atoms with Crippen LogP contribution in [0.5, 0.6) is 0 Å². The Balaban J connectivity index is 2.41. The van der Waals surface area contributed by atoms with Crippen molar-refractivity contribution in [2.75, 3.05) is 17.7 Å². The van der Waals surface area contributed by atoms with Gasteiger partial charge in [-0.15, -0.1) is 0 Å². The lowest BCUT2D eigenvalue weighted by Crippen LogP contribution is -2.38. The van der Waals surface area contributed by atoms with Gasteiger partial charge in [0.2, 0.25) is 5.91 Å². The lowest BCUT2D eigenvalue weighted by molar-refractivity contribution is -0.121. The molecule has 0 spiro atoms. The lowest BCUT2D eigenvalue weighted by atomic mass is 9.86. The van der Waals surface area contributed by atoms with Gasteiger partial charge in [0.05, 0.1) is 5.41 Å². The van der Waals surface area contributed by atoms with Crippen molar-refractivity contribution < 1.29 is 18.0 Å². The molecular weight excluding hydrogens is 299 g/mol. The fraction of sp³-hybridized carbons (Fsp3) is 0.417. The predicted molar refractivity (Wildman–Crippen MR) is 70.7 cm³/mol. The molecule has 1 aliphatic heterocycles. The first-order valence-corrected chi connectivity index (χ1v) is 6.80. The number of amides is 1. The Labute approximate surface area is 117 Å². The molecule has 0 N–H and O–H groups in total. The summed E-state index contributed by atoms with van der Waals surface area (Å²) in [5.74, 6) is -0.700. The number of nitrogens with zero attached hydrogens (tertiary/aromatic N) is 1. The van der Waals surface area contributed by atoms with Crippen molar-refractivity contribution in [1.29, 1.82) is 0 Å². The third-order valence-electron chi connectivity index (χ3n) is 3.22. The number of hydrogen-bond donors (Lipinski definition) is 0. The molecule has 0 fully saturated rings. The molecule has 0 bridgehead atoms. The molecule has 104 valence electrons. The fourth-order valence-corrected chi connectivity index (χ4v) is 3.11. The molecule has 1 aliphatic rings. The second kappa shape index (κ2) is 4.59. The van der Waals surface area contributed by atoms with Crippen molar-refractivity contribution in [3.63, 3.8) is 0 Å². The first-order chi connectivity index (χ1) is 8.65. The Morgan fingerprint density at radius 2 is 2.05 bits per heavy atom. The van der Waals surface area contributed by atoms with Crippen LogP contribution in [0.2, 0.25) is 5.02 Å². The van der Waals surface area contributed by atoms with E-state index in [2.05, 4.69) is 0 Å². The first-order valence-electron chi connectivity index (χ1n) is 5.44. The Bertz CT molecular complexity index is 534. The third kappa shape index (κ3) is 2.56. The molecule has 2 rings (SSSR count). The van der Waals surface area contributed by atoms with Gasteiger partial charge in [0, 0.05) is 23.5 Å². The normalized spacial score (nSPS) is 22.8. The fourth-order valence-electron chi connectivity index (χ4n) is 2.20. The van der Waals surface area contributed by atoms with Gasteiger partial charge in [0.1, 0.15) is 0 Å². The smallest absolute Gasteiger partial charge is 0.314 e. The number of likely N-dealkylation sites (N-methyl/N-ethyl adjacent to an activating group) is 1. The second-order valence-corrected chi connectivity index (χ2v) is 6.07. The van der Waals surface area contributed by atoms with Crippen LogP contribution in [0.3, 0.4) is 0 Å². The standard InChI is InChI=1S/C12H11ClF3NOS/c1-11(6-19-12(14,15)16)8-5-7(13)3-4-9(8)17(2)10(11)18/h3-5H,6H2,1-2H3. The molecule has 0 saturated carbocycles. The Kier molecular flexibility index (Phi) is 3.51. The Hall–Kier alpha value is -0.880. The van der Waals surface area contributed by atoms with E-state index < -0.39 is 10.9 Å². The number of rotatable bonds is 2. The monoisotopic (exact) mass is 309 g/mol. The lowest BCUT2D eigenvalue weighted by Gasteiger charge is -2.23. The molecule has 19 heavy (non-hydrogen) atoms. The minimum absolute atomic E-state index is 0.186. The number of benzene rings is 1. The van der Waals surface area contributed by atoms with Gasteiger partial charge in [-0.1, -0.05) is 11.6 Å². The van der Waals surface area contributed by atoms with Crippen LogP contribution in [0.4, 0.5) is 18.9 Å². The molecule has 1 atom stereocenters. The molecule has 0 aromatic heterocycles. The summed E-state index contributed by atoms with van der Waals surface area (Å²) in [6.45, 7) is 1.52. The van der Waals surface area contributed by atoms with Crippen LogP contribution in [-0.4, -0.2) is 24.2 Å². The van der Waals surface area contributed by atoms with Crippen molar-refractivity contribution >= 4 is 35.0 Å². The maximum atomic E-state index is 12.4. The minimum atomic E-state index is -4.36. The van der Waals surface area contributed by atoms with Crippen molar-refractivity contribution in [1.82, 2.24) is 0 Å². The Morgan fingerprint density at radius 1 is 1.42 bits per heavy atom. The van der Waals surface area contributed by atoms with Gasteiger partial charge in [-0.2, -0.15) is 13.2 Å².